The Morgan fingerprint density at radius 2 is 1.94 bits per heavy atom. The summed E-state index contributed by atoms with van der Waals surface area (Å²) in [6.45, 7) is 0. The van der Waals surface area contributed by atoms with Crippen molar-refractivity contribution in [2.75, 3.05) is 0 Å². The summed E-state index contributed by atoms with van der Waals surface area (Å²) in [5, 5.41) is 0. The van der Waals surface area contributed by atoms with Crippen LogP contribution in [0.1, 0.15) is 42.4 Å². The van der Waals surface area contributed by atoms with E-state index in [4.69, 9.17) is 5.73 Å². The summed E-state index contributed by atoms with van der Waals surface area (Å²) in [7, 11) is 0. The fourth-order valence-corrected chi connectivity index (χ4v) is 3.47. The molecule has 0 unspecified atom stereocenters. The van der Waals surface area contributed by atoms with Crippen molar-refractivity contribution in [1.82, 2.24) is 0 Å². The molecular formula is C14H18BrN. The molecule has 2 aliphatic carbocycles. The molecule has 1 nitrogen and oxygen atoms in total. The van der Waals surface area contributed by atoms with E-state index in [0.29, 0.717) is 0 Å². The molecule has 16 heavy (non-hydrogen) atoms. The second-order valence-electron chi connectivity index (χ2n) is 5.46. The first-order valence-corrected chi connectivity index (χ1v) is 7.05. The molecule has 1 aromatic carbocycles. The second-order valence-corrected chi connectivity index (χ2v) is 6.32. The van der Waals surface area contributed by atoms with Crippen LogP contribution in [0, 0.1) is 0 Å². The van der Waals surface area contributed by atoms with Crippen molar-refractivity contribution in [3.05, 3.63) is 33.3 Å². The summed E-state index contributed by atoms with van der Waals surface area (Å²) in [6, 6.07) is 4.68. The normalized spacial score (nSPS) is 21.6. The lowest BCUT2D eigenvalue weighted by molar-refractivity contribution is 0.660. The fourth-order valence-electron chi connectivity index (χ4n) is 2.72. The van der Waals surface area contributed by atoms with Gasteiger partial charge in [-0.25, -0.2) is 0 Å². The molecule has 2 aliphatic rings. The predicted octanol–water partition coefficient (Wildman–Crippen LogP) is 3.36. The molecule has 0 amide bonds. The molecule has 1 saturated carbocycles. The summed E-state index contributed by atoms with van der Waals surface area (Å²) in [6.07, 6.45) is 8.62. The van der Waals surface area contributed by atoms with Crippen molar-refractivity contribution in [2.45, 2.75) is 50.5 Å². The number of aryl methyl sites for hydroxylation is 1. The quantitative estimate of drug-likeness (QED) is 0.883. The smallest absolute Gasteiger partial charge is 0.0212 e. The summed E-state index contributed by atoms with van der Waals surface area (Å²) in [4.78, 5) is 0. The van der Waals surface area contributed by atoms with E-state index in [1.54, 1.807) is 5.56 Å². The van der Waals surface area contributed by atoms with Gasteiger partial charge in [-0.15, -0.1) is 0 Å². The zero-order valence-electron chi connectivity index (χ0n) is 9.56. The largest absolute Gasteiger partial charge is 0.325 e. The maximum atomic E-state index is 6.19. The number of hydrogen-bond donors (Lipinski definition) is 1. The van der Waals surface area contributed by atoms with Crippen LogP contribution in [-0.4, -0.2) is 5.54 Å². The lowest BCUT2D eigenvalue weighted by Gasteiger charge is -2.19. The molecule has 1 fully saturated rings. The average Bonchev–Trinajstić information content (AvgIpc) is 2.96. The SMILES string of the molecule is NC1(Cc2cc(Br)c3c(c2)CCCC3)CC1. The molecule has 0 atom stereocenters. The Hall–Kier alpha value is -0.340. The van der Waals surface area contributed by atoms with Crippen LogP contribution < -0.4 is 5.73 Å². The second kappa shape index (κ2) is 3.85. The Morgan fingerprint density at radius 3 is 2.69 bits per heavy atom. The minimum atomic E-state index is 0.127. The van der Waals surface area contributed by atoms with Gasteiger partial charge in [0.15, 0.2) is 0 Å². The molecule has 0 bridgehead atoms. The number of benzene rings is 1. The van der Waals surface area contributed by atoms with Gasteiger partial charge in [0, 0.05) is 10.0 Å². The lowest BCUT2D eigenvalue weighted by atomic mass is 9.89. The van der Waals surface area contributed by atoms with Gasteiger partial charge in [-0.2, -0.15) is 0 Å². The van der Waals surface area contributed by atoms with E-state index in [1.807, 2.05) is 0 Å². The van der Waals surface area contributed by atoms with Crippen molar-refractivity contribution in [3.63, 3.8) is 0 Å². The first-order valence-electron chi connectivity index (χ1n) is 6.25. The first-order chi connectivity index (χ1) is 7.66. The fraction of sp³-hybridized carbons (Fsp3) is 0.571. The van der Waals surface area contributed by atoms with Crippen LogP contribution in [0.4, 0.5) is 0 Å². The van der Waals surface area contributed by atoms with Crippen LogP contribution in [0.25, 0.3) is 0 Å². The average molecular weight is 280 g/mol. The van der Waals surface area contributed by atoms with Gasteiger partial charge < -0.3 is 5.73 Å². The van der Waals surface area contributed by atoms with Crippen molar-refractivity contribution in [3.8, 4) is 0 Å². The van der Waals surface area contributed by atoms with E-state index in [1.165, 1.54) is 54.1 Å². The maximum Gasteiger partial charge on any atom is 0.0212 e. The Morgan fingerprint density at radius 1 is 1.19 bits per heavy atom. The van der Waals surface area contributed by atoms with E-state index in [0.717, 1.165) is 6.42 Å². The molecule has 0 aromatic heterocycles. The van der Waals surface area contributed by atoms with Gasteiger partial charge in [0.2, 0.25) is 0 Å². The third-order valence-electron chi connectivity index (χ3n) is 3.92. The van der Waals surface area contributed by atoms with E-state index in [2.05, 4.69) is 28.1 Å². The highest BCUT2D eigenvalue weighted by molar-refractivity contribution is 9.10. The number of rotatable bonds is 2. The summed E-state index contributed by atoms with van der Waals surface area (Å²) >= 11 is 3.72. The number of halogens is 1. The van der Waals surface area contributed by atoms with E-state index < -0.39 is 0 Å². The Balaban J connectivity index is 1.92. The monoisotopic (exact) mass is 279 g/mol. The standard InChI is InChI=1S/C14H18BrN/c15-13-8-10(9-14(16)5-6-14)7-11-3-1-2-4-12(11)13/h7-8H,1-6,9,16H2. The van der Waals surface area contributed by atoms with Gasteiger partial charge in [0.25, 0.3) is 0 Å². The maximum absolute atomic E-state index is 6.19. The van der Waals surface area contributed by atoms with Crippen LogP contribution in [0.5, 0.6) is 0 Å². The molecule has 0 heterocycles. The van der Waals surface area contributed by atoms with Gasteiger partial charge in [0.05, 0.1) is 0 Å². The Labute approximate surface area is 106 Å². The van der Waals surface area contributed by atoms with Crippen LogP contribution in [-0.2, 0) is 19.3 Å². The Kier molecular flexibility index (Phi) is 2.60. The van der Waals surface area contributed by atoms with Gasteiger partial charge >= 0.3 is 0 Å². The van der Waals surface area contributed by atoms with Gasteiger partial charge in [-0.1, -0.05) is 22.0 Å². The summed E-state index contributed by atoms with van der Waals surface area (Å²) in [5.41, 5.74) is 10.8. The first kappa shape index (κ1) is 10.8. The lowest BCUT2D eigenvalue weighted by Crippen LogP contribution is -2.24. The van der Waals surface area contributed by atoms with Crippen molar-refractivity contribution < 1.29 is 0 Å². The zero-order chi connectivity index (χ0) is 11.2. The van der Waals surface area contributed by atoms with E-state index in [9.17, 15) is 0 Å². The van der Waals surface area contributed by atoms with Crippen LogP contribution in [0.3, 0.4) is 0 Å². The molecule has 1 aromatic rings. The molecule has 0 aliphatic heterocycles. The van der Waals surface area contributed by atoms with E-state index in [-0.39, 0.29) is 5.54 Å². The van der Waals surface area contributed by atoms with Crippen LogP contribution in [0.15, 0.2) is 16.6 Å². The molecule has 2 heteroatoms. The molecular weight excluding hydrogens is 262 g/mol. The van der Waals surface area contributed by atoms with Crippen molar-refractivity contribution >= 4 is 15.9 Å². The van der Waals surface area contributed by atoms with Crippen LogP contribution in [0.2, 0.25) is 0 Å². The van der Waals surface area contributed by atoms with Crippen molar-refractivity contribution in [2.24, 2.45) is 5.73 Å². The molecule has 0 radical (unpaired) electrons. The minimum absolute atomic E-state index is 0.127. The highest BCUT2D eigenvalue weighted by atomic mass is 79.9. The highest BCUT2D eigenvalue weighted by Crippen LogP contribution is 2.37. The molecule has 0 spiro atoms. The number of nitrogens with two attached hydrogens (primary N) is 1. The number of fused-ring (bicyclic) bond motifs is 1. The molecule has 3 rings (SSSR count). The summed E-state index contributed by atoms with van der Waals surface area (Å²) < 4.78 is 1.31. The minimum Gasteiger partial charge on any atom is -0.325 e. The van der Waals surface area contributed by atoms with Gasteiger partial charge in [-0.3, -0.25) is 0 Å². The summed E-state index contributed by atoms with van der Waals surface area (Å²) in [5.74, 6) is 0. The zero-order valence-corrected chi connectivity index (χ0v) is 11.1. The molecule has 86 valence electrons. The highest BCUT2D eigenvalue weighted by Gasteiger charge is 2.38. The molecule has 2 N–H and O–H groups in total. The van der Waals surface area contributed by atoms with Crippen LogP contribution >= 0.6 is 15.9 Å². The van der Waals surface area contributed by atoms with Gasteiger partial charge in [0.1, 0.15) is 0 Å². The predicted molar refractivity (Wildman–Crippen MR) is 70.6 cm³/mol. The molecule has 0 saturated heterocycles. The van der Waals surface area contributed by atoms with E-state index >= 15 is 0 Å². The van der Waals surface area contributed by atoms with Gasteiger partial charge in [-0.05, 0) is 67.7 Å². The third-order valence-corrected chi connectivity index (χ3v) is 4.63. The topological polar surface area (TPSA) is 26.0 Å². The van der Waals surface area contributed by atoms with Crippen molar-refractivity contribution in [1.29, 1.82) is 0 Å². The Bertz CT molecular complexity index is 421. The number of hydrogen-bond acceptors (Lipinski definition) is 1. The third kappa shape index (κ3) is 2.05.